The van der Waals surface area contributed by atoms with Crippen molar-refractivity contribution in [2.75, 3.05) is 11.9 Å². The van der Waals surface area contributed by atoms with Crippen molar-refractivity contribution in [1.82, 2.24) is 0 Å². The average molecular weight is 549 g/mol. The Bertz CT molecular complexity index is 1400. The molecule has 5 rings (SSSR count). The highest BCUT2D eigenvalue weighted by atomic mass is 16.7. The Hall–Kier alpha value is -4.59. The number of nitrogens with one attached hydrogen (secondary N) is 1. The number of benzene rings is 3. The maximum Gasteiger partial charge on any atom is 0.299 e. The zero-order chi connectivity index (χ0) is 28.1. The number of nitro groups is 2. The number of fused-ring (bicyclic) bond motifs is 1. The summed E-state index contributed by atoms with van der Waals surface area (Å²) in [5.41, 5.74) is 10.0. The fourth-order valence-electron chi connectivity index (χ4n) is 4.71. The van der Waals surface area contributed by atoms with E-state index in [1.54, 1.807) is 0 Å². The first-order chi connectivity index (χ1) is 19.4. The lowest BCUT2D eigenvalue weighted by atomic mass is 9.93. The first kappa shape index (κ1) is 27.0. The molecule has 1 N–H and O–H groups in total. The number of rotatable bonds is 9. The fraction of sp³-hybridized carbons (Fsp3) is 0.308. The minimum atomic E-state index is -1.06. The molecule has 0 saturated carbocycles. The molecule has 2 fully saturated rings. The molecule has 0 bridgehead atoms. The molecule has 0 aromatic heterocycles. The predicted octanol–water partition coefficient (Wildman–Crippen LogP) is 5.02. The standard InChI is InChI=1S/C26H24N6O8/c27-30-29-23-22(28-19-12-11-18(31(33)34)13-20(19)32(35)36)24-21(15-38-25(40-24)17-9-5-2-6-10-17)39-26(23)37-14-16-7-3-1-4-8-16/h1-13,21-26,28H,14-15H2. The second-order valence-electron chi connectivity index (χ2n) is 9.10. The quantitative estimate of drug-likeness (QED) is 0.126. The number of nitro benzene ring substituents is 2. The summed E-state index contributed by atoms with van der Waals surface area (Å²) in [4.78, 5) is 24.6. The first-order valence-electron chi connectivity index (χ1n) is 12.3. The number of hydrogen-bond donors (Lipinski definition) is 1. The number of non-ortho nitro benzene ring substituents is 1. The maximum absolute atomic E-state index is 11.8. The van der Waals surface area contributed by atoms with Crippen LogP contribution in [0.2, 0.25) is 0 Å². The molecule has 206 valence electrons. The average Bonchev–Trinajstić information content (AvgIpc) is 2.98. The Kier molecular flexibility index (Phi) is 8.15. The summed E-state index contributed by atoms with van der Waals surface area (Å²) in [7, 11) is 0. The van der Waals surface area contributed by atoms with Crippen LogP contribution in [0.15, 0.2) is 84.0 Å². The van der Waals surface area contributed by atoms with Crippen LogP contribution >= 0.6 is 0 Å². The van der Waals surface area contributed by atoms with Gasteiger partial charge in [0.1, 0.15) is 23.9 Å². The van der Waals surface area contributed by atoms with Gasteiger partial charge in [0.25, 0.3) is 11.4 Å². The lowest BCUT2D eigenvalue weighted by molar-refractivity contribution is -0.393. The van der Waals surface area contributed by atoms with Gasteiger partial charge in [-0.25, -0.2) is 0 Å². The number of anilines is 1. The number of azide groups is 1. The summed E-state index contributed by atoms with van der Waals surface area (Å²) < 4.78 is 24.4. The Morgan fingerprint density at radius 1 is 1.00 bits per heavy atom. The molecule has 6 unspecified atom stereocenters. The van der Waals surface area contributed by atoms with Crippen molar-refractivity contribution in [3.8, 4) is 0 Å². The van der Waals surface area contributed by atoms with E-state index in [9.17, 15) is 25.8 Å². The molecule has 40 heavy (non-hydrogen) atoms. The van der Waals surface area contributed by atoms with E-state index in [1.807, 2.05) is 60.7 Å². The van der Waals surface area contributed by atoms with E-state index in [-0.39, 0.29) is 18.9 Å². The third-order valence-electron chi connectivity index (χ3n) is 6.59. The largest absolute Gasteiger partial charge is 0.373 e. The summed E-state index contributed by atoms with van der Waals surface area (Å²) in [5.74, 6) is 0. The molecular formula is C26H24N6O8. The summed E-state index contributed by atoms with van der Waals surface area (Å²) >= 11 is 0. The second-order valence-corrected chi connectivity index (χ2v) is 9.10. The van der Waals surface area contributed by atoms with E-state index in [4.69, 9.17) is 18.9 Å². The Morgan fingerprint density at radius 2 is 1.73 bits per heavy atom. The van der Waals surface area contributed by atoms with Crippen LogP contribution in [-0.2, 0) is 25.6 Å². The van der Waals surface area contributed by atoms with Gasteiger partial charge in [-0.3, -0.25) is 20.2 Å². The molecule has 14 heteroatoms. The molecule has 0 amide bonds. The van der Waals surface area contributed by atoms with Crippen molar-refractivity contribution in [1.29, 1.82) is 0 Å². The number of ether oxygens (including phenoxy) is 4. The van der Waals surface area contributed by atoms with Gasteiger partial charge < -0.3 is 24.3 Å². The maximum atomic E-state index is 11.8. The van der Waals surface area contributed by atoms with Gasteiger partial charge in [0.2, 0.25) is 0 Å². The van der Waals surface area contributed by atoms with Crippen LogP contribution in [-0.4, -0.2) is 47.0 Å². The van der Waals surface area contributed by atoms with Crippen molar-refractivity contribution in [2.24, 2.45) is 5.11 Å². The van der Waals surface area contributed by atoms with Crippen molar-refractivity contribution in [3.05, 3.63) is 121 Å². The summed E-state index contributed by atoms with van der Waals surface area (Å²) in [6.45, 7) is 0.234. The third kappa shape index (κ3) is 5.86. The highest BCUT2D eigenvalue weighted by Crippen LogP contribution is 2.38. The highest BCUT2D eigenvalue weighted by Gasteiger charge is 2.50. The predicted molar refractivity (Wildman–Crippen MR) is 140 cm³/mol. The molecule has 2 aliphatic rings. The molecule has 0 aliphatic carbocycles. The number of nitrogens with zero attached hydrogens (tertiary/aromatic N) is 5. The van der Waals surface area contributed by atoms with E-state index in [2.05, 4.69) is 15.3 Å². The molecule has 3 aromatic rings. The van der Waals surface area contributed by atoms with Crippen LogP contribution in [0.1, 0.15) is 17.4 Å². The van der Waals surface area contributed by atoms with Gasteiger partial charge >= 0.3 is 0 Å². The molecular weight excluding hydrogens is 524 g/mol. The lowest BCUT2D eigenvalue weighted by Crippen LogP contribution is -2.64. The van der Waals surface area contributed by atoms with E-state index in [1.165, 1.54) is 6.07 Å². The molecule has 2 aliphatic heterocycles. The Balaban J connectivity index is 1.50. The molecule has 2 saturated heterocycles. The highest BCUT2D eigenvalue weighted by molar-refractivity contribution is 5.66. The van der Waals surface area contributed by atoms with E-state index >= 15 is 0 Å². The van der Waals surface area contributed by atoms with Crippen molar-refractivity contribution in [3.63, 3.8) is 0 Å². The van der Waals surface area contributed by atoms with Crippen LogP contribution in [0.25, 0.3) is 10.4 Å². The molecule has 0 spiro atoms. The second kappa shape index (κ2) is 12.1. The molecule has 14 nitrogen and oxygen atoms in total. The third-order valence-corrected chi connectivity index (χ3v) is 6.59. The van der Waals surface area contributed by atoms with Crippen molar-refractivity contribution < 1.29 is 28.8 Å². The van der Waals surface area contributed by atoms with Gasteiger partial charge in [-0.05, 0) is 17.2 Å². The monoisotopic (exact) mass is 548 g/mol. The summed E-state index contributed by atoms with van der Waals surface area (Å²) in [6, 6.07) is 19.8. The smallest absolute Gasteiger partial charge is 0.299 e. The zero-order valence-corrected chi connectivity index (χ0v) is 20.9. The van der Waals surface area contributed by atoms with Crippen LogP contribution in [0.3, 0.4) is 0 Å². The van der Waals surface area contributed by atoms with E-state index in [0.29, 0.717) is 0 Å². The van der Waals surface area contributed by atoms with Gasteiger partial charge in [-0.2, -0.15) is 0 Å². The van der Waals surface area contributed by atoms with Gasteiger partial charge in [-0.1, -0.05) is 65.8 Å². The van der Waals surface area contributed by atoms with Crippen LogP contribution in [0, 0.1) is 20.2 Å². The van der Waals surface area contributed by atoms with Gasteiger partial charge in [-0.15, -0.1) is 0 Å². The molecule has 2 heterocycles. The zero-order valence-electron chi connectivity index (χ0n) is 20.9. The lowest BCUT2D eigenvalue weighted by Gasteiger charge is -2.48. The normalized spacial score (nSPS) is 25.7. The Labute approximate surface area is 227 Å². The van der Waals surface area contributed by atoms with Gasteiger partial charge in [0, 0.05) is 16.5 Å². The molecule has 6 atom stereocenters. The van der Waals surface area contributed by atoms with Crippen molar-refractivity contribution in [2.45, 2.75) is 43.5 Å². The minimum Gasteiger partial charge on any atom is -0.373 e. The van der Waals surface area contributed by atoms with Crippen LogP contribution in [0.5, 0.6) is 0 Å². The SMILES string of the molecule is [N-]=[N+]=NC1C(OCc2ccccc2)OC2COC(c3ccccc3)OC2C1Nc1ccc([N+](=O)[O-])cc1[N+](=O)[O-]. The van der Waals surface area contributed by atoms with Crippen molar-refractivity contribution >= 4 is 17.1 Å². The summed E-state index contributed by atoms with van der Waals surface area (Å²) in [6.07, 6.45) is -3.34. The topological polar surface area (TPSA) is 184 Å². The van der Waals surface area contributed by atoms with Gasteiger partial charge in [0.15, 0.2) is 12.6 Å². The molecule has 0 radical (unpaired) electrons. The first-order valence-corrected chi connectivity index (χ1v) is 12.3. The summed E-state index contributed by atoms with van der Waals surface area (Å²) in [5, 5.41) is 30.1. The number of hydrogen-bond acceptors (Lipinski definition) is 10. The van der Waals surface area contributed by atoms with Crippen LogP contribution < -0.4 is 5.32 Å². The minimum absolute atomic E-state index is 0.0208. The molecule has 3 aromatic carbocycles. The van der Waals surface area contributed by atoms with Gasteiger partial charge in [0.05, 0.1) is 35.2 Å². The fourth-order valence-corrected chi connectivity index (χ4v) is 4.71. The Morgan fingerprint density at radius 3 is 2.40 bits per heavy atom. The van der Waals surface area contributed by atoms with Crippen LogP contribution in [0.4, 0.5) is 17.1 Å². The van der Waals surface area contributed by atoms with E-state index in [0.717, 1.165) is 23.3 Å². The van der Waals surface area contributed by atoms with E-state index < -0.39 is 58.1 Å².